The number of primary amides is 1. The molecule has 0 aromatic heterocycles. The highest BCUT2D eigenvalue weighted by Crippen LogP contribution is 2.34. The zero-order valence-electron chi connectivity index (χ0n) is 13.0. The fraction of sp³-hybridized carbons (Fsp3) is 0.875. The number of nitrogens with zero attached hydrogens (tertiary/aromatic N) is 2. The van der Waals surface area contributed by atoms with Gasteiger partial charge in [-0.3, -0.25) is 9.69 Å². The molecule has 1 aliphatic carbocycles. The number of nitriles is 1. The van der Waals surface area contributed by atoms with Gasteiger partial charge >= 0.3 is 0 Å². The summed E-state index contributed by atoms with van der Waals surface area (Å²) in [7, 11) is 0. The van der Waals surface area contributed by atoms with Gasteiger partial charge in [0.2, 0.25) is 5.91 Å². The van der Waals surface area contributed by atoms with Crippen molar-refractivity contribution in [1.82, 2.24) is 4.90 Å². The molecule has 3 unspecified atom stereocenters. The quantitative estimate of drug-likeness (QED) is 0.742. The lowest BCUT2D eigenvalue weighted by atomic mass is 9.76. The van der Waals surface area contributed by atoms with E-state index in [1.807, 2.05) is 0 Å². The molecule has 0 aromatic carbocycles. The molecule has 2 N–H and O–H groups in total. The third kappa shape index (κ3) is 5.13. The van der Waals surface area contributed by atoms with Gasteiger partial charge in [-0.25, -0.2) is 0 Å². The highest BCUT2D eigenvalue weighted by molar-refractivity contribution is 5.76. The number of carbonyl (C=O) groups excluding carboxylic acids is 1. The van der Waals surface area contributed by atoms with Crippen LogP contribution < -0.4 is 5.73 Å². The normalized spacial score (nSPS) is 26.4. The number of carbonyl (C=O) groups is 1. The number of rotatable bonds is 8. The number of unbranched alkanes of at least 4 members (excludes halogenated alkanes) is 1. The van der Waals surface area contributed by atoms with E-state index in [1.165, 1.54) is 12.8 Å². The molecule has 0 spiro atoms. The van der Waals surface area contributed by atoms with E-state index in [0.29, 0.717) is 12.5 Å². The van der Waals surface area contributed by atoms with Gasteiger partial charge in [0.05, 0.1) is 18.5 Å². The van der Waals surface area contributed by atoms with Gasteiger partial charge in [0, 0.05) is 6.04 Å². The summed E-state index contributed by atoms with van der Waals surface area (Å²) in [4.78, 5) is 13.5. The third-order valence-electron chi connectivity index (χ3n) is 4.41. The lowest BCUT2D eigenvalue weighted by Gasteiger charge is -2.40. The monoisotopic (exact) mass is 279 g/mol. The third-order valence-corrected chi connectivity index (χ3v) is 4.41. The molecule has 114 valence electrons. The molecule has 0 radical (unpaired) electrons. The van der Waals surface area contributed by atoms with Gasteiger partial charge in [-0.05, 0) is 38.1 Å². The van der Waals surface area contributed by atoms with E-state index in [9.17, 15) is 10.1 Å². The fourth-order valence-electron chi connectivity index (χ4n) is 3.38. The molecule has 4 heteroatoms. The van der Waals surface area contributed by atoms with Crippen LogP contribution in [0.15, 0.2) is 0 Å². The summed E-state index contributed by atoms with van der Waals surface area (Å²) in [6.07, 6.45) is 7.74. The van der Waals surface area contributed by atoms with Gasteiger partial charge < -0.3 is 5.73 Å². The van der Waals surface area contributed by atoms with Crippen molar-refractivity contribution in [1.29, 1.82) is 5.26 Å². The highest BCUT2D eigenvalue weighted by Gasteiger charge is 2.34. The predicted octanol–water partition coefficient (Wildman–Crippen LogP) is 2.68. The topological polar surface area (TPSA) is 70.1 Å². The highest BCUT2D eigenvalue weighted by atomic mass is 16.1. The first-order valence-corrected chi connectivity index (χ1v) is 8.04. The van der Waals surface area contributed by atoms with Crippen LogP contribution in [0.1, 0.15) is 58.8 Å². The van der Waals surface area contributed by atoms with Crippen LogP contribution in [0.2, 0.25) is 0 Å². The van der Waals surface area contributed by atoms with Gasteiger partial charge in [0.1, 0.15) is 0 Å². The zero-order valence-corrected chi connectivity index (χ0v) is 13.0. The molecule has 1 aliphatic rings. The first-order chi connectivity index (χ1) is 9.62. The molecule has 0 heterocycles. The summed E-state index contributed by atoms with van der Waals surface area (Å²) in [6, 6.07) is 2.67. The average molecular weight is 279 g/mol. The second-order valence-corrected chi connectivity index (χ2v) is 6.06. The second-order valence-electron chi connectivity index (χ2n) is 6.06. The lowest BCUT2D eigenvalue weighted by molar-refractivity contribution is -0.120. The second kappa shape index (κ2) is 8.97. The van der Waals surface area contributed by atoms with Gasteiger partial charge in [-0.1, -0.05) is 33.1 Å². The minimum absolute atomic E-state index is 0.0549. The fourth-order valence-corrected chi connectivity index (χ4v) is 3.38. The molecule has 0 aromatic rings. The Morgan fingerprint density at radius 2 is 2.10 bits per heavy atom. The van der Waals surface area contributed by atoms with Crippen LogP contribution in [0.25, 0.3) is 0 Å². The van der Waals surface area contributed by atoms with E-state index in [0.717, 1.165) is 38.6 Å². The molecule has 1 rings (SSSR count). The number of hydrogen-bond acceptors (Lipinski definition) is 3. The molecule has 1 saturated carbocycles. The SMILES string of the molecule is CCCCN(CC(N)=O)C1CC(CCC)CCC1C#N. The maximum atomic E-state index is 11.3. The van der Waals surface area contributed by atoms with Gasteiger partial charge in [0.25, 0.3) is 0 Å². The smallest absolute Gasteiger partial charge is 0.231 e. The van der Waals surface area contributed by atoms with Crippen LogP contribution >= 0.6 is 0 Å². The van der Waals surface area contributed by atoms with E-state index in [2.05, 4.69) is 24.8 Å². The molecule has 20 heavy (non-hydrogen) atoms. The summed E-state index contributed by atoms with van der Waals surface area (Å²) in [5, 5.41) is 9.39. The van der Waals surface area contributed by atoms with Crippen molar-refractivity contribution in [2.75, 3.05) is 13.1 Å². The molecular weight excluding hydrogens is 250 g/mol. The molecule has 1 fully saturated rings. The van der Waals surface area contributed by atoms with Gasteiger partial charge in [-0.15, -0.1) is 0 Å². The minimum Gasteiger partial charge on any atom is -0.369 e. The zero-order chi connectivity index (χ0) is 15.0. The number of amides is 1. The van der Waals surface area contributed by atoms with Crippen molar-refractivity contribution in [2.45, 2.75) is 64.8 Å². The van der Waals surface area contributed by atoms with E-state index in [4.69, 9.17) is 5.73 Å². The summed E-state index contributed by atoms with van der Waals surface area (Å²) in [5.41, 5.74) is 5.39. The summed E-state index contributed by atoms with van der Waals surface area (Å²) >= 11 is 0. The molecule has 0 bridgehead atoms. The molecule has 0 aliphatic heterocycles. The Bertz CT molecular complexity index is 337. The van der Waals surface area contributed by atoms with Crippen LogP contribution in [-0.4, -0.2) is 29.9 Å². The van der Waals surface area contributed by atoms with Crippen molar-refractivity contribution in [3.05, 3.63) is 0 Å². The predicted molar refractivity (Wildman–Crippen MR) is 80.8 cm³/mol. The minimum atomic E-state index is -0.282. The van der Waals surface area contributed by atoms with Crippen molar-refractivity contribution < 1.29 is 4.79 Å². The Morgan fingerprint density at radius 1 is 1.35 bits per heavy atom. The van der Waals surface area contributed by atoms with Crippen LogP contribution in [0, 0.1) is 23.2 Å². The summed E-state index contributed by atoms with van der Waals surface area (Å²) in [5.74, 6) is 0.473. The average Bonchev–Trinajstić information content (AvgIpc) is 2.43. The Balaban J connectivity index is 2.75. The van der Waals surface area contributed by atoms with Crippen molar-refractivity contribution in [3.63, 3.8) is 0 Å². The van der Waals surface area contributed by atoms with E-state index < -0.39 is 0 Å². The Kier molecular flexibility index (Phi) is 7.61. The lowest BCUT2D eigenvalue weighted by Crippen LogP contribution is -2.48. The maximum absolute atomic E-state index is 11.3. The Morgan fingerprint density at radius 3 is 2.65 bits per heavy atom. The largest absolute Gasteiger partial charge is 0.369 e. The van der Waals surface area contributed by atoms with Crippen molar-refractivity contribution in [2.24, 2.45) is 17.6 Å². The van der Waals surface area contributed by atoms with Crippen LogP contribution in [0.5, 0.6) is 0 Å². The van der Waals surface area contributed by atoms with Crippen LogP contribution in [0.3, 0.4) is 0 Å². The summed E-state index contributed by atoms with van der Waals surface area (Å²) < 4.78 is 0. The van der Waals surface area contributed by atoms with Crippen LogP contribution in [-0.2, 0) is 4.79 Å². The van der Waals surface area contributed by atoms with Crippen molar-refractivity contribution in [3.8, 4) is 6.07 Å². The molecule has 3 atom stereocenters. The summed E-state index contributed by atoms with van der Waals surface area (Å²) in [6.45, 7) is 5.53. The number of nitrogens with two attached hydrogens (primary N) is 1. The molecule has 1 amide bonds. The number of hydrogen-bond donors (Lipinski definition) is 1. The molecule has 4 nitrogen and oxygen atoms in total. The van der Waals surface area contributed by atoms with E-state index in [1.54, 1.807) is 0 Å². The maximum Gasteiger partial charge on any atom is 0.231 e. The van der Waals surface area contributed by atoms with Gasteiger partial charge in [0.15, 0.2) is 0 Å². The Hall–Kier alpha value is -1.08. The Labute approximate surface area is 123 Å². The van der Waals surface area contributed by atoms with Crippen molar-refractivity contribution >= 4 is 5.91 Å². The standard InChI is InChI=1S/C16H29N3O/c1-3-5-9-19(12-16(18)20)15-10-13(6-4-2)7-8-14(15)11-17/h13-15H,3-10,12H2,1-2H3,(H2,18,20). The van der Waals surface area contributed by atoms with E-state index in [-0.39, 0.29) is 17.9 Å². The molecule has 0 saturated heterocycles. The van der Waals surface area contributed by atoms with Crippen LogP contribution in [0.4, 0.5) is 0 Å². The molecular formula is C16H29N3O. The van der Waals surface area contributed by atoms with E-state index >= 15 is 0 Å². The first kappa shape index (κ1) is 17.0. The first-order valence-electron chi connectivity index (χ1n) is 8.04. The van der Waals surface area contributed by atoms with Gasteiger partial charge in [-0.2, -0.15) is 5.26 Å².